The maximum atomic E-state index is 12.2. The second kappa shape index (κ2) is 4.79. The summed E-state index contributed by atoms with van der Waals surface area (Å²) in [5.41, 5.74) is 2.21. The highest BCUT2D eigenvalue weighted by atomic mass is 16.5. The van der Waals surface area contributed by atoms with Crippen molar-refractivity contribution in [1.29, 1.82) is 0 Å². The Hall–Kier alpha value is -1.15. The van der Waals surface area contributed by atoms with E-state index in [9.17, 15) is 4.79 Å². The van der Waals surface area contributed by atoms with E-state index >= 15 is 0 Å². The monoisotopic (exact) mass is 220 g/mol. The van der Waals surface area contributed by atoms with Gasteiger partial charge in [0.1, 0.15) is 5.60 Å². The summed E-state index contributed by atoms with van der Waals surface area (Å²) in [5.74, 6) is 0.0427. The maximum absolute atomic E-state index is 12.2. The van der Waals surface area contributed by atoms with E-state index in [0.717, 1.165) is 16.7 Å². The van der Waals surface area contributed by atoms with E-state index < -0.39 is 5.60 Å². The quantitative estimate of drug-likeness (QED) is 0.728. The van der Waals surface area contributed by atoms with Crippen molar-refractivity contribution in [3.63, 3.8) is 0 Å². The Kier molecular flexibility index (Phi) is 3.87. The molecule has 0 atom stereocenters. The van der Waals surface area contributed by atoms with Gasteiger partial charge in [0.25, 0.3) is 0 Å². The molecular formula is C14H20O2. The molecule has 0 aliphatic heterocycles. The van der Waals surface area contributed by atoms with E-state index in [1.165, 1.54) is 0 Å². The molecule has 0 aromatic heterocycles. The molecule has 0 N–H and O–H groups in total. The molecule has 0 heterocycles. The van der Waals surface area contributed by atoms with Gasteiger partial charge in [0, 0.05) is 12.2 Å². The number of rotatable bonds is 4. The predicted octanol–water partition coefficient (Wildman–Crippen LogP) is 3.30. The van der Waals surface area contributed by atoms with Crippen LogP contribution in [0.1, 0.15) is 42.3 Å². The van der Waals surface area contributed by atoms with Crippen LogP contribution in [0.2, 0.25) is 0 Å². The van der Waals surface area contributed by atoms with Crippen LogP contribution in [0.4, 0.5) is 0 Å². The van der Waals surface area contributed by atoms with E-state index in [2.05, 4.69) is 6.07 Å². The summed E-state index contributed by atoms with van der Waals surface area (Å²) < 4.78 is 5.48. The summed E-state index contributed by atoms with van der Waals surface area (Å²) in [6.45, 7) is 10.1. The lowest BCUT2D eigenvalue weighted by molar-refractivity contribution is 0.00125. The molecule has 0 amide bonds. The number of benzene rings is 1. The fourth-order valence-electron chi connectivity index (χ4n) is 1.88. The maximum Gasteiger partial charge on any atom is 0.194 e. The molecule has 1 aromatic carbocycles. The van der Waals surface area contributed by atoms with Crippen LogP contribution < -0.4 is 0 Å². The van der Waals surface area contributed by atoms with Gasteiger partial charge < -0.3 is 4.74 Å². The number of Topliss-reactive ketones (excluding diaryl/α,β-unsaturated/α-hetero) is 1. The Morgan fingerprint density at radius 1 is 1.19 bits per heavy atom. The third-order valence-electron chi connectivity index (χ3n) is 2.54. The summed E-state index contributed by atoms with van der Waals surface area (Å²) in [4.78, 5) is 12.2. The molecule has 0 saturated carbocycles. The average Bonchev–Trinajstić information content (AvgIpc) is 2.14. The zero-order valence-corrected chi connectivity index (χ0v) is 10.8. The van der Waals surface area contributed by atoms with Crippen LogP contribution in [0.15, 0.2) is 18.2 Å². The van der Waals surface area contributed by atoms with Crippen molar-refractivity contribution in [1.82, 2.24) is 0 Å². The second-order valence-electron chi connectivity index (χ2n) is 4.65. The SMILES string of the molecule is CCOC(C)(C)C(=O)c1cc(C)cc(C)c1. The molecule has 1 rings (SSSR count). The highest BCUT2D eigenvalue weighted by Crippen LogP contribution is 2.19. The molecule has 0 aliphatic carbocycles. The van der Waals surface area contributed by atoms with E-state index in [1.54, 1.807) is 0 Å². The lowest BCUT2D eigenvalue weighted by Gasteiger charge is -2.23. The van der Waals surface area contributed by atoms with Gasteiger partial charge in [-0.05, 0) is 46.8 Å². The van der Waals surface area contributed by atoms with E-state index in [4.69, 9.17) is 4.74 Å². The molecule has 0 unspecified atom stereocenters. The van der Waals surface area contributed by atoms with Crippen LogP contribution in [-0.2, 0) is 4.74 Å². The van der Waals surface area contributed by atoms with Crippen molar-refractivity contribution in [2.75, 3.05) is 6.61 Å². The van der Waals surface area contributed by atoms with Crippen LogP contribution in [0.5, 0.6) is 0 Å². The molecule has 2 heteroatoms. The summed E-state index contributed by atoms with van der Waals surface area (Å²) in [6.07, 6.45) is 0. The van der Waals surface area contributed by atoms with Gasteiger partial charge in [0.2, 0.25) is 0 Å². The number of ether oxygens (including phenoxy) is 1. The minimum atomic E-state index is -0.741. The summed E-state index contributed by atoms with van der Waals surface area (Å²) in [6, 6.07) is 5.89. The minimum absolute atomic E-state index is 0.0427. The molecule has 0 fully saturated rings. The molecule has 16 heavy (non-hydrogen) atoms. The number of ketones is 1. The molecule has 88 valence electrons. The third-order valence-corrected chi connectivity index (χ3v) is 2.54. The van der Waals surface area contributed by atoms with Crippen LogP contribution in [0.3, 0.4) is 0 Å². The van der Waals surface area contributed by atoms with Gasteiger partial charge >= 0.3 is 0 Å². The van der Waals surface area contributed by atoms with Crippen LogP contribution in [-0.4, -0.2) is 18.0 Å². The lowest BCUT2D eigenvalue weighted by atomic mass is 9.94. The van der Waals surface area contributed by atoms with E-state index in [-0.39, 0.29) is 5.78 Å². The van der Waals surface area contributed by atoms with Crippen molar-refractivity contribution >= 4 is 5.78 Å². The number of hydrogen-bond donors (Lipinski definition) is 0. The predicted molar refractivity (Wildman–Crippen MR) is 66.0 cm³/mol. The topological polar surface area (TPSA) is 26.3 Å². The van der Waals surface area contributed by atoms with Crippen LogP contribution in [0, 0.1) is 13.8 Å². The molecule has 0 radical (unpaired) electrons. The minimum Gasteiger partial charge on any atom is -0.368 e. The Morgan fingerprint density at radius 3 is 2.12 bits per heavy atom. The zero-order valence-electron chi connectivity index (χ0n) is 10.8. The zero-order chi connectivity index (χ0) is 12.3. The van der Waals surface area contributed by atoms with Gasteiger partial charge in [-0.15, -0.1) is 0 Å². The first-order valence-electron chi connectivity index (χ1n) is 5.64. The van der Waals surface area contributed by atoms with Crippen molar-refractivity contribution in [2.24, 2.45) is 0 Å². The second-order valence-corrected chi connectivity index (χ2v) is 4.65. The van der Waals surface area contributed by atoms with Crippen molar-refractivity contribution in [3.05, 3.63) is 34.9 Å². The first-order valence-corrected chi connectivity index (χ1v) is 5.64. The number of carbonyl (C=O) groups is 1. The fourth-order valence-corrected chi connectivity index (χ4v) is 1.88. The fraction of sp³-hybridized carbons (Fsp3) is 0.500. The first-order chi connectivity index (χ1) is 7.36. The normalized spacial score (nSPS) is 11.6. The van der Waals surface area contributed by atoms with Gasteiger partial charge in [-0.2, -0.15) is 0 Å². The lowest BCUT2D eigenvalue weighted by Crippen LogP contribution is -2.35. The smallest absolute Gasteiger partial charge is 0.194 e. The Balaban J connectivity index is 3.04. The molecule has 0 bridgehead atoms. The van der Waals surface area contributed by atoms with Gasteiger partial charge in [-0.25, -0.2) is 0 Å². The van der Waals surface area contributed by atoms with Gasteiger partial charge in [0.15, 0.2) is 5.78 Å². The Bertz CT molecular complexity index is 371. The third kappa shape index (κ3) is 2.92. The largest absolute Gasteiger partial charge is 0.368 e. The summed E-state index contributed by atoms with van der Waals surface area (Å²) in [7, 11) is 0. The van der Waals surface area contributed by atoms with Gasteiger partial charge in [-0.1, -0.05) is 17.2 Å². The van der Waals surface area contributed by atoms with E-state index in [1.807, 2.05) is 46.8 Å². The number of hydrogen-bond acceptors (Lipinski definition) is 2. The summed E-state index contributed by atoms with van der Waals surface area (Å²) >= 11 is 0. The van der Waals surface area contributed by atoms with Gasteiger partial charge in [-0.3, -0.25) is 4.79 Å². The number of carbonyl (C=O) groups excluding carboxylic acids is 1. The Morgan fingerprint density at radius 2 is 1.69 bits per heavy atom. The molecule has 2 nitrogen and oxygen atoms in total. The van der Waals surface area contributed by atoms with Crippen molar-refractivity contribution in [2.45, 2.75) is 40.2 Å². The highest BCUT2D eigenvalue weighted by molar-refractivity contribution is 6.02. The Labute approximate surface area is 97.6 Å². The average molecular weight is 220 g/mol. The van der Waals surface area contributed by atoms with Crippen molar-refractivity contribution in [3.8, 4) is 0 Å². The van der Waals surface area contributed by atoms with Crippen LogP contribution >= 0.6 is 0 Å². The number of aryl methyl sites for hydroxylation is 2. The molecule has 0 aliphatic rings. The van der Waals surface area contributed by atoms with Gasteiger partial charge in [0.05, 0.1) is 0 Å². The van der Waals surface area contributed by atoms with E-state index in [0.29, 0.717) is 6.61 Å². The summed E-state index contributed by atoms with van der Waals surface area (Å²) in [5, 5.41) is 0. The molecular weight excluding hydrogens is 200 g/mol. The standard InChI is InChI=1S/C14H20O2/c1-6-16-14(4,5)13(15)12-8-10(2)7-11(3)9-12/h7-9H,6H2,1-5H3. The first kappa shape index (κ1) is 12.9. The molecule has 1 aromatic rings. The van der Waals surface area contributed by atoms with Crippen LogP contribution in [0.25, 0.3) is 0 Å². The highest BCUT2D eigenvalue weighted by Gasteiger charge is 2.29. The molecule has 0 spiro atoms. The molecule has 0 saturated heterocycles. The van der Waals surface area contributed by atoms with Crippen molar-refractivity contribution < 1.29 is 9.53 Å².